The average molecular weight is 388 g/mol. The standard InChI is InChI=1S/C21H25NO4S/c1-14(23)20-9-15(13-27-20)11-22-8-4-5-17(12-22)21(24)16-6-7-18(25-2)19(10-16)26-3/h6-7,9-10,13,17H,4-5,8,11-12H2,1-3H3/t17-/m0/s1. The van der Waals surface area contributed by atoms with Gasteiger partial charge < -0.3 is 9.47 Å². The highest BCUT2D eigenvalue weighted by Crippen LogP contribution is 2.30. The fourth-order valence-corrected chi connectivity index (χ4v) is 4.35. The van der Waals surface area contributed by atoms with E-state index in [1.165, 1.54) is 11.3 Å². The van der Waals surface area contributed by atoms with Gasteiger partial charge in [-0.2, -0.15) is 0 Å². The molecule has 6 heteroatoms. The van der Waals surface area contributed by atoms with E-state index in [1.54, 1.807) is 39.3 Å². The molecule has 0 bridgehead atoms. The lowest BCUT2D eigenvalue weighted by molar-refractivity contribution is 0.0811. The molecular weight excluding hydrogens is 362 g/mol. The summed E-state index contributed by atoms with van der Waals surface area (Å²) < 4.78 is 10.6. The van der Waals surface area contributed by atoms with Crippen molar-refractivity contribution in [1.82, 2.24) is 4.90 Å². The highest BCUT2D eigenvalue weighted by molar-refractivity contribution is 7.12. The largest absolute Gasteiger partial charge is 0.493 e. The zero-order valence-electron chi connectivity index (χ0n) is 16.0. The zero-order chi connectivity index (χ0) is 19.4. The minimum atomic E-state index is -0.0252. The van der Waals surface area contributed by atoms with E-state index in [9.17, 15) is 9.59 Å². The Morgan fingerprint density at radius 2 is 1.96 bits per heavy atom. The number of rotatable bonds is 7. The van der Waals surface area contributed by atoms with Crippen molar-refractivity contribution >= 4 is 22.9 Å². The number of thiophene rings is 1. The molecule has 0 amide bonds. The molecule has 0 unspecified atom stereocenters. The summed E-state index contributed by atoms with van der Waals surface area (Å²) >= 11 is 1.49. The minimum absolute atomic E-state index is 0.0252. The maximum atomic E-state index is 13.0. The summed E-state index contributed by atoms with van der Waals surface area (Å²) in [5, 5.41) is 2.04. The SMILES string of the molecule is COc1ccc(C(=O)[C@H]2CCCN(Cc3csc(C(C)=O)c3)C2)cc1OC. The number of nitrogens with zero attached hydrogens (tertiary/aromatic N) is 1. The molecule has 1 saturated heterocycles. The molecule has 5 nitrogen and oxygen atoms in total. The first-order valence-electron chi connectivity index (χ1n) is 9.08. The molecule has 2 heterocycles. The Morgan fingerprint density at radius 1 is 1.19 bits per heavy atom. The lowest BCUT2D eigenvalue weighted by Gasteiger charge is -2.31. The third-order valence-corrected chi connectivity index (χ3v) is 6.03. The smallest absolute Gasteiger partial charge is 0.169 e. The predicted molar refractivity (Wildman–Crippen MR) is 106 cm³/mol. The Kier molecular flexibility index (Phi) is 6.29. The fourth-order valence-electron chi connectivity index (χ4n) is 3.54. The molecule has 27 heavy (non-hydrogen) atoms. The van der Waals surface area contributed by atoms with Gasteiger partial charge >= 0.3 is 0 Å². The van der Waals surface area contributed by atoms with Crippen LogP contribution >= 0.6 is 11.3 Å². The summed E-state index contributed by atoms with van der Waals surface area (Å²) in [7, 11) is 3.16. The van der Waals surface area contributed by atoms with Crippen molar-refractivity contribution in [3.63, 3.8) is 0 Å². The van der Waals surface area contributed by atoms with Crippen LogP contribution in [0.5, 0.6) is 11.5 Å². The first-order valence-corrected chi connectivity index (χ1v) is 9.96. The maximum absolute atomic E-state index is 13.0. The van der Waals surface area contributed by atoms with E-state index < -0.39 is 0 Å². The third kappa shape index (κ3) is 4.57. The van der Waals surface area contributed by atoms with E-state index in [1.807, 2.05) is 11.4 Å². The van der Waals surface area contributed by atoms with Gasteiger partial charge in [0.1, 0.15) is 0 Å². The highest BCUT2D eigenvalue weighted by atomic mass is 32.1. The zero-order valence-corrected chi connectivity index (χ0v) is 16.8. The summed E-state index contributed by atoms with van der Waals surface area (Å²) in [6.45, 7) is 4.08. The molecule has 2 aromatic rings. The molecule has 1 aromatic carbocycles. The Bertz CT molecular complexity index is 829. The van der Waals surface area contributed by atoms with Crippen molar-refractivity contribution in [2.45, 2.75) is 26.3 Å². The van der Waals surface area contributed by atoms with Gasteiger partial charge in [0.15, 0.2) is 23.1 Å². The van der Waals surface area contributed by atoms with Crippen LogP contribution in [0.2, 0.25) is 0 Å². The van der Waals surface area contributed by atoms with Crippen LogP contribution in [0.1, 0.15) is 45.4 Å². The fraction of sp³-hybridized carbons (Fsp3) is 0.429. The van der Waals surface area contributed by atoms with Crippen LogP contribution in [-0.4, -0.2) is 43.8 Å². The summed E-state index contributed by atoms with van der Waals surface area (Å²) in [6.07, 6.45) is 1.89. The number of methoxy groups -OCH3 is 2. The number of carbonyl (C=O) groups is 2. The summed E-state index contributed by atoms with van der Waals surface area (Å²) in [5.74, 6) is 1.42. The number of ketones is 2. The predicted octanol–water partition coefficient (Wildman–Crippen LogP) is 4.06. The second-order valence-electron chi connectivity index (χ2n) is 6.88. The molecule has 1 aromatic heterocycles. The Balaban J connectivity index is 1.68. The van der Waals surface area contributed by atoms with Gasteiger partial charge in [-0.3, -0.25) is 14.5 Å². The van der Waals surface area contributed by atoms with E-state index in [4.69, 9.17) is 9.47 Å². The minimum Gasteiger partial charge on any atom is -0.493 e. The molecule has 1 fully saturated rings. The number of Topliss-reactive ketones (excluding diaryl/α,β-unsaturated/α-hetero) is 2. The average Bonchev–Trinajstić information content (AvgIpc) is 3.16. The summed E-state index contributed by atoms with van der Waals surface area (Å²) in [5.41, 5.74) is 1.80. The Morgan fingerprint density at radius 3 is 2.63 bits per heavy atom. The van der Waals surface area contributed by atoms with Crippen LogP contribution in [0.3, 0.4) is 0 Å². The molecule has 0 N–H and O–H groups in total. The van der Waals surface area contributed by atoms with Crippen LogP contribution in [0.15, 0.2) is 29.6 Å². The van der Waals surface area contributed by atoms with Crippen molar-refractivity contribution in [1.29, 1.82) is 0 Å². The van der Waals surface area contributed by atoms with Gasteiger partial charge in [-0.15, -0.1) is 11.3 Å². The number of hydrogen-bond donors (Lipinski definition) is 0. The summed E-state index contributed by atoms with van der Waals surface area (Å²) in [4.78, 5) is 27.6. The van der Waals surface area contributed by atoms with Crippen LogP contribution in [0, 0.1) is 5.92 Å². The number of likely N-dealkylation sites (tertiary alicyclic amines) is 1. The normalized spacial score (nSPS) is 17.5. The number of hydrogen-bond acceptors (Lipinski definition) is 6. The molecule has 1 aliphatic heterocycles. The van der Waals surface area contributed by atoms with E-state index >= 15 is 0 Å². The van der Waals surface area contributed by atoms with Gasteiger partial charge in [-0.1, -0.05) is 0 Å². The molecule has 3 rings (SSSR count). The van der Waals surface area contributed by atoms with E-state index in [0.29, 0.717) is 17.1 Å². The number of ether oxygens (including phenoxy) is 2. The lowest BCUT2D eigenvalue weighted by atomic mass is 9.89. The van der Waals surface area contributed by atoms with Crippen molar-refractivity contribution in [3.8, 4) is 11.5 Å². The van der Waals surface area contributed by atoms with Crippen molar-refractivity contribution < 1.29 is 19.1 Å². The van der Waals surface area contributed by atoms with Gasteiger partial charge in [0, 0.05) is 24.6 Å². The van der Waals surface area contributed by atoms with E-state index in [2.05, 4.69) is 4.90 Å². The van der Waals surface area contributed by atoms with Crippen molar-refractivity contribution in [2.75, 3.05) is 27.3 Å². The number of carbonyl (C=O) groups excluding carboxylic acids is 2. The van der Waals surface area contributed by atoms with E-state index in [0.717, 1.165) is 42.9 Å². The van der Waals surface area contributed by atoms with Gasteiger partial charge in [0.05, 0.1) is 19.1 Å². The van der Waals surface area contributed by atoms with E-state index in [-0.39, 0.29) is 17.5 Å². The molecule has 0 radical (unpaired) electrons. The lowest BCUT2D eigenvalue weighted by Crippen LogP contribution is -2.38. The van der Waals surface area contributed by atoms with Gasteiger partial charge in [-0.05, 0) is 61.5 Å². The first-order chi connectivity index (χ1) is 13.0. The second kappa shape index (κ2) is 8.67. The topological polar surface area (TPSA) is 55.8 Å². The Hall–Kier alpha value is -2.18. The molecule has 0 aliphatic carbocycles. The van der Waals surface area contributed by atoms with Crippen LogP contribution in [0.25, 0.3) is 0 Å². The van der Waals surface area contributed by atoms with Gasteiger partial charge in [0.25, 0.3) is 0 Å². The van der Waals surface area contributed by atoms with Crippen LogP contribution < -0.4 is 9.47 Å². The van der Waals surface area contributed by atoms with Gasteiger partial charge in [0.2, 0.25) is 0 Å². The number of piperidine rings is 1. The van der Waals surface area contributed by atoms with Gasteiger partial charge in [-0.25, -0.2) is 0 Å². The third-order valence-electron chi connectivity index (χ3n) is 4.95. The first kappa shape index (κ1) is 19.6. The molecular formula is C21H25NO4S. The van der Waals surface area contributed by atoms with Crippen LogP contribution in [0.4, 0.5) is 0 Å². The molecule has 144 valence electrons. The molecule has 1 atom stereocenters. The molecule has 0 saturated carbocycles. The van der Waals surface area contributed by atoms with Crippen molar-refractivity contribution in [3.05, 3.63) is 45.6 Å². The highest BCUT2D eigenvalue weighted by Gasteiger charge is 2.27. The quantitative estimate of drug-likeness (QED) is 0.671. The van der Waals surface area contributed by atoms with Crippen LogP contribution in [-0.2, 0) is 6.54 Å². The maximum Gasteiger partial charge on any atom is 0.169 e. The number of benzene rings is 1. The Labute approximate surface area is 163 Å². The summed E-state index contributed by atoms with van der Waals surface area (Å²) in [6, 6.07) is 7.31. The monoisotopic (exact) mass is 387 g/mol. The molecule has 0 spiro atoms. The van der Waals surface area contributed by atoms with Crippen molar-refractivity contribution in [2.24, 2.45) is 5.92 Å². The second-order valence-corrected chi connectivity index (χ2v) is 7.79. The molecule has 1 aliphatic rings.